The topological polar surface area (TPSA) is 17.1 Å². The van der Waals surface area contributed by atoms with Crippen LogP contribution in [0.5, 0.6) is 0 Å². The summed E-state index contributed by atoms with van der Waals surface area (Å²) in [7, 11) is 0. The Morgan fingerprint density at radius 1 is 1.06 bits per heavy atom. The zero-order valence-corrected chi connectivity index (χ0v) is 11.0. The van der Waals surface area contributed by atoms with E-state index < -0.39 is 0 Å². The van der Waals surface area contributed by atoms with Gasteiger partial charge in [-0.25, -0.2) is 4.39 Å². The van der Waals surface area contributed by atoms with Gasteiger partial charge in [0.05, 0.1) is 0 Å². The van der Waals surface area contributed by atoms with E-state index in [9.17, 15) is 9.18 Å². The largest absolute Gasteiger partial charge is 0.289 e. The molecular formula is C15H10BrFO. The maximum absolute atomic E-state index is 13.3. The fourth-order valence-corrected chi connectivity index (χ4v) is 1.75. The third-order valence-corrected chi connectivity index (χ3v) is 2.98. The number of ketones is 1. The van der Waals surface area contributed by atoms with Crippen molar-refractivity contribution in [3.05, 3.63) is 76.0 Å². The maximum atomic E-state index is 13.3. The van der Waals surface area contributed by atoms with Crippen LogP contribution >= 0.6 is 15.9 Å². The molecule has 0 bridgehead atoms. The molecule has 0 unspecified atom stereocenters. The summed E-state index contributed by atoms with van der Waals surface area (Å²) in [6.07, 6.45) is 2.86. The second-order valence-corrected chi connectivity index (χ2v) is 4.64. The summed E-state index contributed by atoms with van der Waals surface area (Å²) < 4.78 is 14.2. The predicted octanol–water partition coefficient (Wildman–Crippen LogP) is 4.48. The Morgan fingerprint density at radius 3 is 2.39 bits per heavy atom. The van der Waals surface area contributed by atoms with Gasteiger partial charge in [-0.1, -0.05) is 34.1 Å². The molecule has 2 aromatic carbocycles. The Labute approximate surface area is 113 Å². The SMILES string of the molecule is O=C(/C=C/c1ccccc1F)c1ccc(Br)cc1. The monoisotopic (exact) mass is 304 g/mol. The van der Waals surface area contributed by atoms with E-state index in [-0.39, 0.29) is 11.6 Å². The van der Waals surface area contributed by atoms with Crippen molar-refractivity contribution in [1.82, 2.24) is 0 Å². The summed E-state index contributed by atoms with van der Waals surface area (Å²) in [4.78, 5) is 11.8. The van der Waals surface area contributed by atoms with Crippen molar-refractivity contribution in [1.29, 1.82) is 0 Å². The van der Waals surface area contributed by atoms with Crippen molar-refractivity contribution >= 4 is 27.8 Å². The molecule has 0 N–H and O–H groups in total. The minimum absolute atomic E-state index is 0.147. The van der Waals surface area contributed by atoms with Crippen molar-refractivity contribution in [3.8, 4) is 0 Å². The zero-order valence-electron chi connectivity index (χ0n) is 9.44. The number of allylic oxidation sites excluding steroid dienone is 1. The van der Waals surface area contributed by atoms with Crippen LogP contribution in [0, 0.1) is 5.82 Å². The van der Waals surface area contributed by atoms with Gasteiger partial charge in [-0.2, -0.15) is 0 Å². The summed E-state index contributed by atoms with van der Waals surface area (Å²) in [5.74, 6) is -0.483. The summed E-state index contributed by atoms with van der Waals surface area (Å²) in [5.41, 5.74) is 0.980. The van der Waals surface area contributed by atoms with Gasteiger partial charge < -0.3 is 0 Å². The molecule has 18 heavy (non-hydrogen) atoms. The zero-order chi connectivity index (χ0) is 13.0. The molecular weight excluding hydrogens is 295 g/mol. The molecule has 0 spiro atoms. The van der Waals surface area contributed by atoms with Crippen LogP contribution in [0.2, 0.25) is 0 Å². The summed E-state index contributed by atoms with van der Waals surface area (Å²) in [5, 5.41) is 0. The van der Waals surface area contributed by atoms with Crippen LogP contribution in [-0.4, -0.2) is 5.78 Å². The van der Waals surface area contributed by atoms with Gasteiger partial charge in [0.15, 0.2) is 5.78 Å². The summed E-state index contributed by atoms with van der Waals surface area (Å²) in [6.45, 7) is 0. The molecule has 2 rings (SSSR count). The normalized spacial score (nSPS) is 10.8. The highest BCUT2D eigenvalue weighted by Gasteiger charge is 2.02. The van der Waals surface area contributed by atoms with Gasteiger partial charge in [0.25, 0.3) is 0 Å². The van der Waals surface area contributed by atoms with Gasteiger partial charge in [0.1, 0.15) is 5.82 Å². The minimum atomic E-state index is -0.336. The molecule has 0 amide bonds. The Hall–Kier alpha value is -1.74. The molecule has 0 aromatic heterocycles. The number of rotatable bonds is 3. The summed E-state index contributed by atoms with van der Waals surface area (Å²) in [6, 6.07) is 13.4. The standard InChI is InChI=1S/C15H10BrFO/c16-13-8-5-12(6-9-13)15(18)10-7-11-3-1-2-4-14(11)17/h1-10H/b10-7+. The van der Waals surface area contributed by atoms with E-state index in [2.05, 4.69) is 15.9 Å². The first-order chi connectivity index (χ1) is 8.66. The predicted molar refractivity (Wildman–Crippen MR) is 73.9 cm³/mol. The number of hydrogen-bond acceptors (Lipinski definition) is 1. The van der Waals surface area contributed by atoms with Gasteiger partial charge in [0, 0.05) is 15.6 Å². The highest BCUT2D eigenvalue weighted by atomic mass is 79.9. The molecule has 0 aliphatic carbocycles. The second-order valence-electron chi connectivity index (χ2n) is 3.73. The molecule has 0 aliphatic rings. The van der Waals surface area contributed by atoms with E-state index in [1.165, 1.54) is 18.2 Å². The fraction of sp³-hybridized carbons (Fsp3) is 0. The fourth-order valence-electron chi connectivity index (χ4n) is 1.49. The highest BCUT2D eigenvalue weighted by molar-refractivity contribution is 9.10. The lowest BCUT2D eigenvalue weighted by Crippen LogP contribution is -1.93. The van der Waals surface area contributed by atoms with E-state index >= 15 is 0 Å². The minimum Gasteiger partial charge on any atom is -0.289 e. The Morgan fingerprint density at radius 2 is 1.72 bits per heavy atom. The van der Waals surface area contributed by atoms with Crippen molar-refractivity contribution in [2.24, 2.45) is 0 Å². The van der Waals surface area contributed by atoms with Gasteiger partial charge >= 0.3 is 0 Å². The molecule has 0 radical (unpaired) electrons. The first-order valence-electron chi connectivity index (χ1n) is 5.39. The average Bonchev–Trinajstić information content (AvgIpc) is 2.38. The maximum Gasteiger partial charge on any atom is 0.185 e. The van der Waals surface area contributed by atoms with E-state index in [4.69, 9.17) is 0 Å². The van der Waals surface area contributed by atoms with E-state index in [1.54, 1.807) is 42.5 Å². The molecule has 2 aromatic rings. The van der Waals surface area contributed by atoms with E-state index in [0.29, 0.717) is 11.1 Å². The first kappa shape index (κ1) is 12.7. The van der Waals surface area contributed by atoms with Gasteiger partial charge in [0.2, 0.25) is 0 Å². The van der Waals surface area contributed by atoms with E-state index in [1.807, 2.05) is 0 Å². The number of carbonyl (C=O) groups excluding carboxylic acids is 1. The lowest BCUT2D eigenvalue weighted by atomic mass is 10.1. The smallest absolute Gasteiger partial charge is 0.185 e. The van der Waals surface area contributed by atoms with Crippen LogP contribution in [0.3, 0.4) is 0 Å². The third-order valence-electron chi connectivity index (χ3n) is 2.45. The molecule has 0 saturated heterocycles. The molecule has 90 valence electrons. The van der Waals surface area contributed by atoms with Crippen LogP contribution in [-0.2, 0) is 0 Å². The first-order valence-corrected chi connectivity index (χ1v) is 6.18. The van der Waals surface area contributed by atoms with E-state index in [0.717, 1.165) is 4.47 Å². The van der Waals surface area contributed by atoms with Crippen molar-refractivity contribution in [2.45, 2.75) is 0 Å². The lowest BCUT2D eigenvalue weighted by Gasteiger charge is -1.97. The quantitative estimate of drug-likeness (QED) is 0.603. The van der Waals surface area contributed by atoms with Crippen molar-refractivity contribution in [3.63, 3.8) is 0 Å². The van der Waals surface area contributed by atoms with Crippen molar-refractivity contribution < 1.29 is 9.18 Å². The molecule has 0 aliphatic heterocycles. The Balaban J connectivity index is 2.17. The van der Waals surface area contributed by atoms with Crippen LogP contribution in [0.15, 0.2) is 59.1 Å². The number of carbonyl (C=O) groups is 1. The van der Waals surface area contributed by atoms with Crippen LogP contribution in [0.4, 0.5) is 4.39 Å². The highest BCUT2D eigenvalue weighted by Crippen LogP contribution is 2.13. The average molecular weight is 305 g/mol. The molecule has 0 saturated carbocycles. The Kier molecular flexibility index (Phi) is 4.05. The molecule has 1 nitrogen and oxygen atoms in total. The molecule has 0 fully saturated rings. The lowest BCUT2D eigenvalue weighted by molar-refractivity contribution is 0.104. The Bertz CT molecular complexity index is 588. The number of benzene rings is 2. The number of hydrogen-bond donors (Lipinski definition) is 0. The van der Waals surface area contributed by atoms with Gasteiger partial charge in [-0.3, -0.25) is 4.79 Å². The van der Waals surface area contributed by atoms with Crippen LogP contribution in [0.25, 0.3) is 6.08 Å². The summed E-state index contributed by atoms with van der Waals surface area (Å²) >= 11 is 3.30. The molecule has 0 atom stereocenters. The van der Waals surface area contributed by atoms with Crippen LogP contribution in [0.1, 0.15) is 15.9 Å². The van der Waals surface area contributed by atoms with Crippen LogP contribution < -0.4 is 0 Å². The van der Waals surface area contributed by atoms with Gasteiger partial charge in [-0.15, -0.1) is 0 Å². The number of halogens is 2. The van der Waals surface area contributed by atoms with Gasteiger partial charge in [-0.05, 0) is 42.5 Å². The second kappa shape index (κ2) is 5.74. The molecule has 0 heterocycles. The third kappa shape index (κ3) is 3.14. The van der Waals surface area contributed by atoms with Crippen molar-refractivity contribution in [2.75, 3.05) is 0 Å². The molecule has 3 heteroatoms.